The van der Waals surface area contributed by atoms with Crippen LogP contribution in [0.15, 0.2) is 41.3 Å². The summed E-state index contributed by atoms with van der Waals surface area (Å²) in [6, 6.07) is 8.56. The Kier molecular flexibility index (Phi) is 5.76. The van der Waals surface area contributed by atoms with Crippen molar-refractivity contribution in [3.63, 3.8) is 0 Å². The molecule has 1 aliphatic rings. The standard InChI is InChI=1S/C19H22N2O6S/c1-26-13-5-8-18(27-2)16(11-13)20-19(23)15-12-14(6-7-17(15)22)28(24,25)21-9-3-4-10-21/h5-8,11-12,22H,3-4,9-10H2,1-2H3,(H,20,23). The molecular weight excluding hydrogens is 384 g/mol. The molecule has 2 aromatic carbocycles. The highest BCUT2D eigenvalue weighted by atomic mass is 32.2. The zero-order valence-electron chi connectivity index (χ0n) is 15.6. The maximum atomic E-state index is 12.7. The zero-order chi connectivity index (χ0) is 20.3. The van der Waals surface area contributed by atoms with Crippen molar-refractivity contribution in [3.05, 3.63) is 42.0 Å². The molecule has 150 valence electrons. The predicted molar refractivity (Wildman–Crippen MR) is 104 cm³/mol. The quantitative estimate of drug-likeness (QED) is 0.763. The molecule has 0 saturated carbocycles. The molecule has 0 aromatic heterocycles. The van der Waals surface area contributed by atoms with Crippen LogP contribution < -0.4 is 14.8 Å². The average Bonchev–Trinajstić information content (AvgIpc) is 3.23. The van der Waals surface area contributed by atoms with E-state index in [1.807, 2.05) is 0 Å². The van der Waals surface area contributed by atoms with Gasteiger partial charge in [-0.15, -0.1) is 0 Å². The van der Waals surface area contributed by atoms with Crippen molar-refractivity contribution in [1.29, 1.82) is 0 Å². The Hall–Kier alpha value is -2.78. The van der Waals surface area contributed by atoms with Gasteiger partial charge in [0.2, 0.25) is 10.0 Å². The van der Waals surface area contributed by atoms with Gasteiger partial charge in [0.15, 0.2) is 0 Å². The van der Waals surface area contributed by atoms with Crippen LogP contribution in [0.25, 0.3) is 0 Å². The average molecular weight is 406 g/mol. The highest BCUT2D eigenvalue weighted by Crippen LogP contribution is 2.31. The minimum atomic E-state index is -3.71. The lowest BCUT2D eigenvalue weighted by atomic mass is 10.1. The largest absolute Gasteiger partial charge is 0.507 e. The molecule has 9 heteroatoms. The maximum Gasteiger partial charge on any atom is 0.259 e. The molecule has 2 aromatic rings. The Labute approximate surface area is 163 Å². The molecule has 0 atom stereocenters. The summed E-state index contributed by atoms with van der Waals surface area (Å²) >= 11 is 0. The van der Waals surface area contributed by atoms with Gasteiger partial charge in [0.1, 0.15) is 17.2 Å². The normalized spacial score (nSPS) is 14.6. The van der Waals surface area contributed by atoms with E-state index >= 15 is 0 Å². The lowest BCUT2D eigenvalue weighted by Gasteiger charge is -2.17. The Bertz CT molecular complexity index is 984. The third-order valence-corrected chi connectivity index (χ3v) is 6.46. The second kappa shape index (κ2) is 8.07. The number of nitrogens with zero attached hydrogens (tertiary/aromatic N) is 1. The van der Waals surface area contributed by atoms with Gasteiger partial charge in [-0.2, -0.15) is 4.31 Å². The summed E-state index contributed by atoms with van der Waals surface area (Å²) < 4.78 is 37.2. The van der Waals surface area contributed by atoms with Crippen LogP contribution in [0.5, 0.6) is 17.2 Å². The molecule has 0 unspecified atom stereocenters. The third-order valence-electron chi connectivity index (χ3n) is 4.57. The number of anilines is 1. The van der Waals surface area contributed by atoms with Gasteiger partial charge in [-0.25, -0.2) is 8.42 Å². The summed E-state index contributed by atoms with van der Waals surface area (Å²) in [5.41, 5.74) is 0.184. The molecule has 8 nitrogen and oxygen atoms in total. The second-order valence-electron chi connectivity index (χ2n) is 6.31. The van der Waals surface area contributed by atoms with Crippen molar-refractivity contribution in [2.24, 2.45) is 0 Å². The van der Waals surface area contributed by atoms with Gasteiger partial charge in [0.05, 0.1) is 30.4 Å². The van der Waals surface area contributed by atoms with Crippen molar-refractivity contribution in [2.45, 2.75) is 17.7 Å². The molecule has 1 fully saturated rings. The number of methoxy groups -OCH3 is 2. The minimum absolute atomic E-state index is 0.0324. The maximum absolute atomic E-state index is 12.7. The summed E-state index contributed by atoms with van der Waals surface area (Å²) in [6.07, 6.45) is 1.61. The summed E-state index contributed by atoms with van der Waals surface area (Å²) in [7, 11) is -0.762. The zero-order valence-corrected chi connectivity index (χ0v) is 16.5. The number of phenols is 1. The molecule has 1 heterocycles. The van der Waals surface area contributed by atoms with E-state index in [9.17, 15) is 18.3 Å². The molecule has 0 aliphatic carbocycles. The number of rotatable bonds is 6. The summed E-state index contributed by atoms with van der Waals surface area (Å²) in [5, 5.41) is 12.7. The monoisotopic (exact) mass is 406 g/mol. The fourth-order valence-electron chi connectivity index (χ4n) is 3.04. The van der Waals surface area contributed by atoms with Crippen molar-refractivity contribution >= 4 is 21.6 Å². The van der Waals surface area contributed by atoms with E-state index in [0.29, 0.717) is 30.3 Å². The van der Waals surface area contributed by atoms with Crippen LogP contribution in [0.2, 0.25) is 0 Å². The number of amides is 1. The van der Waals surface area contributed by atoms with Crippen LogP contribution in [0.1, 0.15) is 23.2 Å². The van der Waals surface area contributed by atoms with Crippen molar-refractivity contribution in [1.82, 2.24) is 4.31 Å². The molecule has 1 aliphatic heterocycles. The predicted octanol–water partition coefficient (Wildman–Crippen LogP) is 2.45. The first kappa shape index (κ1) is 20.0. The van der Waals surface area contributed by atoms with E-state index in [-0.39, 0.29) is 16.2 Å². The number of benzene rings is 2. The molecule has 2 N–H and O–H groups in total. The minimum Gasteiger partial charge on any atom is -0.507 e. The van der Waals surface area contributed by atoms with Gasteiger partial charge >= 0.3 is 0 Å². The number of hydrogen-bond acceptors (Lipinski definition) is 6. The van der Waals surface area contributed by atoms with Crippen LogP contribution in [0.4, 0.5) is 5.69 Å². The highest BCUT2D eigenvalue weighted by molar-refractivity contribution is 7.89. The summed E-state index contributed by atoms with van der Waals surface area (Å²) in [6.45, 7) is 0.900. The Morgan fingerprint density at radius 2 is 1.79 bits per heavy atom. The van der Waals surface area contributed by atoms with Gasteiger partial charge in [-0.1, -0.05) is 0 Å². The first-order valence-electron chi connectivity index (χ1n) is 8.73. The van der Waals surface area contributed by atoms with E-state index < -0.39 is 15.9 Å². The third kappa shape index (κ3) is 3.90. The lowest BCUT2D eigenvalue weighted by Crippen LogP contribution is -2.28. The molecule has 1 saturated heterocycles. The summed E-state index contributed by atoms with van der Waals surface area (Å²) in [4.78, 5) is 12.7. The first-order valence-corrected chi connectivity index (χ1v) is 10.2. The van der Waals surface area contributed by atoms with E-state index in [4.69, 9.17) is 9.47 Å². The van der Waals surface area contributed by atoms with Crippen LogP contribution >= 0.6 is 0 Å². The van der Waals surface area contributed by atoms with Gasteiger partial charge in [0.25, 0.3) is 5.91 Å². The van der Waals surface area contributed by atoms with E-state index in [1.165, 1.54) is 36.7 Å². The number of sulfonamides is 1. The van der Waals surface area contributed by atoms with Crippen LogP contribution in [-0.2, 0) is 10.0 Å². The van der Waals surface area contributed by atoms with Crippen molar-refractivity contribution in [2.75, 3.05) is 32.6 Å². The topological polar surface area (TPSA) is 105 Å². The van der Waals surface area contributed by atoms with Gasteiger partial charge in [0, 0.05) is 19.2 Å². The van der Waals surface area contributed by atoms with Crippen LogP contribution in [0.3, 0.4) is 0 Å². The molecule has 0 spiro atoms. The fourth-order valence-corrected chi connectivity index (χ4v) is 4.58. The van der Waals surface area contributed by atoms with Crippen LogP contribution in [-0.4, -0.2) is 51.0 Å². The van der Waals surface area contributed by atoms with Crippen molar-refractivity contribution in [3.8, 4) is 17.2 Å². The second-order valence-corrected chi connectivity index (χ2v) is 8.25. The number of carbonyl (C=O) groups is 1. The fraction of sp³-hybridized carbons (Fsp3) is 0.316. The number of hydrogen-bond donors (Lipinski definition) is 2. The van der Waals surface area contributed by atoms with Crippen molar-refractivity contribution < 1.29 is 27.8 Å². The number of nitrogens with one attached hydrogen (secondary N) is 1. The molecule has 1 amide bonds. The van der Waals surface area contributed by atoms with E-state index in [0.717, 1.165) is 12.8 Å². The summed E-state index contributed by atoms with van der Waals surface area (Å²) in [5.74, 6) is -0.0811. The SMILES string of the molecule is COc1ccc(OC)c(NC(=O)c2cc(S(=O)(=O)N3CCCC3)ccc2O)c1. The number of ether oxygens (including phenoxy) is 2. The van der Waals surface area contributed by atoms with Gasteiger partial charge in [-0.3, -0.25) is 4.79 Å². The Balaban J connectivity index is 1.92. The molecular formula is C19H22N2O6S. The van der Waals surface area contributed by atoms with Gasteiger partial charge in [-0.05, 0) is 43.2 Å². The number of phenolic OH excluding ortho intramolecular Hbond substituents is 1. The first-order chi connectivity index (χ1) is 13.4. The number of aromatic hydroxyl groups is 1. The molecule has 0 radical (unpaired) electrons. The molecule has 28 heavy (non-hydrogen) atoms. The van der Waals surface area contributed by atoms with Gasteiger partial charge < -0.3 is 19.9 Å². The molecule has 3 rings (SSSR count). The van der Waals surface area contributed by atoms with E-state index in [1.54, 1.807) is 18.2 Å². The Morgan fingerprint density at radius 3 is 2.43 bits per heavy atom. The lowest BCUT2D eigenvalue weighted by molar-refractivity contribution is 0.102. The Morgan fingerprint density at radius 1 is 1.07 bits per heavy atom. The molecule has 0 bridgehead atoms. The number of carbonyl (C=O) groups excluding carboxylic acids is 1. The van der Waals surface area contributed by atoms with Crippen LogP contribution in [0, 0.1) is 0 Å². The smallest absolute Gasteiger partial charge is 0.259 e. The van der Waals surface area contributed by atoms with E-state index in [2.05, 4.69) is 5.32 Å². The highest BCUT2D eigenvalue weighted by Gasteiger charge is 2.28.